The largest absolute Gasteiger partial charge is 0.318 e. The van der Waals surface area contributed by atoms with Gasteiger partial charge in [-0.05, 0) is 76.4 Å². The van der Waals surface area contributed by atoms with Crippen LogP contribution in [0.25, 0.3) is 15.9 Å². The number of rotatable bonds is 5. The summed E-state index contributed by atoms with van der Waals surface area (Å²) in [6.45, 7) is 12.5. The maximum Gasteiger partial charge on any atom is 0.174 e. The number of fused-ring (bicyclic) bond motifs is 1. The molecule has 0 aliphatic rings. The molecule has 0 unspecified atom stereocenters. The first-order valence-corrected chi connectivity index (χ1v) is 11.7. The highest BCUT2D eigenvalue weighted by molar-refractivity contribution is 8.00. The zero-order valence-corrected chi connectivity index (χ0v) is 19.8. The molecule has 154 valence electrons. The summed E-state index contributed by atoms with van der Waals surface area (Å²) in [4.78, 5) is 24.2. The molecule has 0 N–H and O–H groups in total. The third kappa shape index (κ3) is 3.59. The van der Waals surface area contributed by atoms with Crippen LogP contribution in [0.1, 0.15) is 43.3 Å². The Morgan fingerprint density at radius 2 is 1.80 bits per heavy atom. The van der Waals surface area contributed by atoms with E-state index in [-0.39, 0.29) is 5.78 Å². The quantitative estimate of drug-likeness (QED) is 0.209. The Bertz CT molecular complexity index is 1280. The molecule has 0 saturated heterocycles. The molecule has 0 atom stereocenters. The van der Waals surface area contributed by atoms with Crippen molar-refractivity contribution in [3.05, 3.63) is 69.1 Å². The van der Waals surface area contributed by atoms with Crippen LogP contribution >= 0.6 is 23.1 Å². The van der Waals surface area contributed by atoms with E-state index >= 15 is 0 Å². The first-order chi connectivity index (χ1) is 14.3. The van der Waals surface area contributed by atoms with Gasteiger partial charge in [0.15, 0.2) is 5.78 Å². The second-order valence-corrected chi connectivity index (χ2v) is 9.91. The summed E-state index contributed by atoms with van der Waals surface area (Å²) in [7, 11) is 0. The Labute approximate surface area is 185 Å². The van der Waals surface area contributed by atoms with Gasteiger partial charge in [-0.25, -0.2) is 9.97 Å². The van der Waals surface area contributed by atoms with Gasteiger partial charge in [0, 0.05) is 32.9 Å². The normalized spacial score (nSPS) is 11.4. The highest BCUT2D eigenvalue weighted by Gasteiger charge is 2.19. The number of carbonyl (C=O) groups is 1. The lowest BCUT2D eigenvalue weighted by Gasteiger charge is -2.12. The van der Waals surface area contributed by atoms with E-state index < -0.39 is 0 Å². The summed E-state index contributed by atoms with van der Waals surface area (Å²) in [5.74, 6) is 0.483. The number of ketones is 1. The standard InChI is InChI=1S/C24H25N3OS2/c1-13-7-8-19(9-14(13)2)27-15(3)10-20(17(27)5)21(28)11-29-23-22-16(4)18(6)30-24(22)26-12-25-23/h7-10,12H,11H2,1-6H3. The van der Waals surface area contributed by atoms with Crippen LogP contribution < -0.4 is 0 Å². The zero-order chi connectivity index (χ0) is 21.6. The lowest BCUT2D eigenvalue weighted by Crippen LogP contribution is -2.06. The number of hydrogen-bond donors (Lipinski definition) is 0. The van der Waals surface area contributed by atoms with Gasteiger partial charge >= 0.3 is 0 Å². The Kier molecular flexibility index (Phi) is 5.55. The molecule has 0 radical (unpaired) electrons. The summed E-state index contributed by atoms with van der Waals surface area (Å²) < 4.78 is 2.17. The number of aryl methyl sites for hydroxylation is 5. The average Bonchev–Trinajstić information content (AvgIpc) is 3.18. The maximum absolute atomic E-state index is 13.1. The first-order valence-electron chi connectivity index (χ1n) is 9.91. The molecule has 4 aromatic rings. The van der Waals surface area contributed by atoms with Crippen molar-refractivity contribution in [3.8, 4) is 5.69 Å². The number of thiophene rings is 1. The van der Waals surface area contributed by atoms with E-state index in [1.54, 1.807) is 17.7 Å². The monoisotopic (exact) mass is 435 g/mol. The molecule has 3 aromatic heterocycles. The van der Waals surface area contributed by atoms with E-state index in [0.29, 0.717) is 5.75 Å². The highest BCUT2D eigenvalue weighted by atomic mass is 32.2. The summed E-state index contributed by atoms with van der Waals surface area (Å²) in [6.07, 6.45) is 1.59. The van der Waals surface area contributed by atoms with Crippen molar-refractivity contribution < 1.29 is 4.79 Å². The van der Waals surface area contributed by atoms with Crippen LogP contribution in [0.15, 0.2) is 35.6 Å². The smallest absolute Gasteiger partial charge is 0.174 e. The van der Waals surface area contributed by atoms with Crippen LogP contribution in [0.2, 0.25) is 0 Å². The van der Waals surface area contributed by atoms with Crippen molar-refractivity contribution >= 4 is 39.1 Å². The molecule has 3 heterocycles. The van der Waals surface area contributed by atoms with Crippen molar-refractivity contribution in [2.75, 3.05) is 5.75 Å². The van der Waals surface area contributed by atoms with E-state index in [9.17, 15) is 4.79 Å². The fourth-order valence-electron chi connectivity index (χ4n) is 3.78. The number of carbonyl (C=O) groups excluding carboxylic acids is 1. The van der Waals surface area contributed by atoms with Crippen LogP contribution in [-0.2, 0) is 0 Å². The fourth-order valence-corrected chi connectivity index (χ4v) is 5.78. The van der Waals surface area contributed by atoms with Gasteiger partial charge in [0.25, 0.3) is 0 Å². The van der Waals surface area contributed by atoms with Crippen molar-refractivity contribution in [1.82, 2.24) is 14.5 Å². The number of benzene rings is 1. The van der Waals surface area contributed by atoms with Gasteiger partial charge in [-0.15, -0.1) is 11.3 Å². The number of aromatic nitrogens is 3. The molecule has 30 heavy (non-hydrogen) atoms. The second kappa shape index (κ2) is 8.00. The van der Waals surface area contributed by atoms with E-state index in [1.165, 1.54) is 33.3 Å². The Morgan fingerprint density at radius 3 is 2.53 bits per heavy atom. The molecule has 0 bridgehead atoms. The lowest BCUT2D eigenvalue weighted by molar-refractivity contribution is 0.102. The van der Waals surface area contributed by atoms with Gasteiger partial charge in [0.05, 0.1) is 5.75 Å². The molecule has 4 nitrogen and oxygen atoms in total. The highest BCUT2D eigenvalue weighted by Crippen LogP contribution is 2.35. The van der Waals surface area contributed by atoms with Gasteiger partial charge in [0.1, 0.15) is 16.2 Å². The summed E-state index contributed by atoms with van der Waals surface area (Å²) >= 11 is 3.18. The predicted octanol–water partition coefficient (Wildman–Crippen LogP) is 6.31. The van der Waals surface area contributed by atoms with Crippen molar-refractivity contribution in [1.29, 1.82) is 0 Å². The van der Waals surface area contributed by atoms with E-state index in [2.05, 4.69) is 67.4 Å². The maximum atomic E-state index is 13.1. The van der Waals surface area contributed by atoms with Crippen molar-refractivity contribution in [2.45, 2.75) is 46.6 Å². The van der Waals surface area contributed by atoms with Crippen LogP contribution in [0, 0.1) is 41.5 Å². The van der Waals surface area contributed by atoms with Crippen LogP contribution in [-0.4, -0.2) is 26.1 Å². The molecule has 0 saturated carbocycles. The molecule has 0 amide bonds. The van der Waals surface area contributed by atoms with Crippen LogP contribution in [0.5, 0.6) is 0 Å². The fraction of sp³-hybridized carbons (Fsp3) is 0.292. The molecule has 0 spiro atoms. The Morgan fingerprint density at radius 1 is 1.03 bits per heavy atom. The van der Waals surface area contributed by atoms with Gasteiger partial charge in [0.2, 0.25) is 0 Å². The minimum absolute atomic E-state index is 0.125. The Balaban J connectivity index is 1.62. The van der Waals surface area contributed by atoms with E-state index in [0.717, 1.165) is 37.9 Å². The average molecular weight is 436 g/mol. The molecule has 0 aliphatic carbocycles. The van der Waals surface area contributed by atoms with E-state index in [1.807, 2.05) is 13.0 Å². The minimum atomic E-state index is 0.125. The third-order valence-corrected chi connectivity index (χ3v) is 7.86. The zero-order valence-electron chi connectivity index (χ0n) is 18.2. The number of hydrogen-bond acceptors (Lipinski definition) is 5. The summed E-state index contributed by atoms with van der Waals surface area (Å²) in [6, 6.07) is 8.43. The second-order valence-electron chi connectivity index (χ2n) is 7.74. The summed E-state index contributed by atoms with van der Waals surface area (Å²) in [5, 5.41) is 1.97. The first kappa shape index (κ1) is 20.8. The van der Waals surface area contributed by atoms with E-state index in [4.69, 9.17) is 0 Å². The summed E-state index contributed by atoms with van der Waals surface area (Å²) in [5.41, 5.74) is 7.65. The van der Waals surface area contributed by atoms with Crippen molar-refractivity contribution in [3.63, 3.8) is 0 Å². The molecule has 1 aromatic carbocycles. The molecular weight excluding hydrogens is 410 g/mol. The molecule has 0 fully saturated rings. The number of nitrogens with zero attached hydrogens (tertiary/aromatic N) is 3. The molecular formula is C24H25N3OS2. The van der Waals surface area contributed by atoms with Gasteiger partial charge in [-0.1, -0.05) is 17.8 Å². The third-order valence-electron chi connectivity index (χ3n) is 5.75. The van der Waals surface area contributed by atoms with Gasteiger partial charge in [-0.3, -0.25) is 4.79 Å². The van der Waals surface area contributed by atoms with Gasteiger partial charge < -0.3 is 4.57 Å². The topological polar surface area (TPSA) is 47.8 Å². The predicted molar refractivity (Wildman–Crippen MR) is 127 cm³/mol. The lowest BCUT2D eigenvalue weighted by atomic mass is 10.1. The molecule has 6 heteroatoms. The van der Waals surface area contributed by atoms with Crippen LogP contribution in [0.4, 0.5) is 0 Å². The number of thioether (sulfide) groups is 1. The number of Topliss-reactive ketones (excluding diaryl/α,β-unsaturated/α-hetero) is 1. The minimum Gasteiger partial charge on any atom is -0.318 e. The molecule has 0 aliphatic heterocycles. The van der Waals surface area contributed by atoms with Crippen LogP contribution in [0.3, 0.4) is 0 Å². The van der Waals surface area contributed by atoms with Gasteiger partial charge in [-0.2, -0.15) is 0 Å². The molecule has 4 rings (SSSR count). The SMILES string of the molecule is Cc1ccc(-n2c(C)cc(C(=O)CSc3ncnc4sc(C)c(C)c34)c2C)cc1C. The Hall–Kier alpha value is -2.44. The van der Waals surface area contributed by atoms with Crippen molar-refractivity contribution in [2.24, 2.45) is 0 Å².